The maximum absolute atomic E-state index is 5.65. The molecule has 0 aliphatic rings. The van der Waals surface area contributed by atoms with Crippen molar-refractivity contribution in [3.8, 4) is 5.75 Å². The van der Waals surface area contributed by atoms with Gasteiger partial charge in [0.1, 0.15) is 5.75 Å². The molecule has 15 heavy (non-hydrogen) atoms. The third-order valence-corrected chi connectivity index (χ3v) is 3.64. The minimum absolute atomic E-state index is 0.686. The summed E-state index contributed by atoms with van der Waals surface area (Å²) in [5, 5.41) is 0. The van der Waals surface area contributed by atoms with Gasteiger partial charge in [0.25, 0.3) is 0 Å². The van der Waals surface area contributed by atoms with E-state index in [9.17, 15) is 0 Å². The lowest BCUT2D eigenvalue weighted by Crippen LogP contribution is -1.99. The first-order valence-electron chi connectivity index (χ1n) is 4.48. The van der Waals surface area contributed by atoms with E-state index in [1.807, 2.05) is 12.1 Å². The summed E-state index contributed by atoms with van der Waals surface area (Å²) in [6, 6.07) is 3.92. The molecule has 1 aromatic rings. The average molecular weight is 421 g/mol. The van der Waals surface area contributed by atoms with Crippen LogP contribution in [0.3, 0.4) is 0 Å². The first-order chi connectivity index (χ1) is 7.15. The van der Waals surface area contributed by atoms with Crippen LogP contribution < -0.4 is 4.74 Å². The predicted molar refractivity (Wildman–Crippen MR) is 75.0 cm³/mol. The van der Waals surface area contributed by atoms with Gasteiger partial charge in [0.05, 0.1) is 15.6 Å². The van der Waals surface area contributed by atoms with Gasteiger partial charge in [-0.25, -0.2) is 0 Å². The second kappa shape index (κ2) is 7.15. The highest BCUT2D eigenvalue weighted by molar-refractivity contribution is 9.11. The SMILES string of the molecule is ClCCCCOc1c(Br)cc(Br)cc1Br. The molecule has 0 heterocycles. The normalized spacial score (nSPS) is 10.4. The minimum atomic E-state index is 0.686. The fraction of sp³-hybridized carbons (Fsp3) is 0.400. The highest BCUT2D eigenvalue weighted by Gasteiger charge is 2.07. The third-order valence-electron chi connectivity index (χ3n) is 1.74. The number of rotatable bonds is 5. The van der Waals surface area contributed by atoms with Crippen LogP contribution in [0.4, 0.5) is 0 Å². The smallest absolute Gasteiger partial charge is 0.147 e. The summed E-state index contributed by atoms with van der Waals surface area (Å²) in [5.74, 6) is 1.53. The Bertz CT molecular complexity index is 307. The zero-order chi connectivity index (χ0) is 11.3. The van der Waals surface area contributed by atoms with Crippen LogP contribution in [-0.4, -0.2) is 12.5 Å². The summed E-state index contributed by atoms with van der Waals surface area (Å²) in [5.41, 5.74) is 0. The molecule has 0 saturated carbocycles. The van der Waals surface area contributed by atoms with Crippen LogP contribution in [0.25, 0.3) is 0 Å². The zero-order valence-corrected chi connectivity index (χ0v) is 13.4. The van der Waals surface area contributed by atoms with E-state index < -0.39 is 0 Å². The van der Waals surface area contributed by atoms with Gasteiger partial charge in [-0.15, -0.1) is 11.6 Å². The summed E-state index contributed by atoms with van der Waals surface area (Å²) in [6.07, 6.45) is 1.95. The lowest BCUT2D eigenvalue weighted by molar-refractivity contribution is 0.306. The Morgan fingerprint density at radius 3 is 2.20 bits per heavy atom. The monoisotopic (exact) mass is 418 g/mol. The van der Waals surface area contributed by atoms with E-state index in [0.717, 1.165) is 32.0 Å². The molecule has 5 heteroatoms. The molecule has 0 saturated heterocycles. The standard InChI is InChI=1S/C10H10Br3ClO/c11-7-5-8(12)10(9(13)6-7)15-4-2-1-3-14/h5-6H,1-4H2. The molecule has 0 bridgehead atoms. The van der Waals surface area contributed by atoms with E-state index in [4.69, 9.17) is 16.3 Å². The second-order valence-electron chi connectivity index (χ2n) is 2.94. The van der Waals surface area contributed by atoms with Gasteiger partial charge in [-0.2, -0.15) is 0 Å². The van der Waals surface area contributed by atoms with Gasteiger partial charge in [-0.3, -0.25) is 0 Å². The molecule has 0 amide bonds. The Hall–Kier alpha value is 0.750. The molecule has 0 aliphatic heterocycles. The van der Waals surface area contributed by atoms with Crippen molar-refractivity contribution >= 4 is 59.4 Å². The van der Waals surface area contributed by atoms with E-state index in [1.54, 1.807) is 0 Å². The molecule has 0 aromatic heterocycles. The largest absolute Gasteiger partial charge is 0.491 e. The number of halogens is 4. The molecule has 1 nitrogen and oxygen atoms in total. The second-order valence-corrected chi connectivity index (χ2v) is 5.95. The van der Waals surface area contributed by atoms with Gasteiger partial charge in [0, 0.05) is 10.4 Å². The van der Waals surface area contributed by atoms with Crippen molar-refractivity contribution < 1.29 is 4.74 Å². The van der Waals surface area contributed by atoms with Gasteiger partial charge in [0.2, 0.25) is 0 Å². The molecule has 1 rings (SSSR count). The fourth-order valence-electron chi connectivity index (χ4n) is 1.04. The summed E-state index contributed by atoms with van der Waals surface area (Å²) >= 11 is 15.9. The van der Waals surface area contributed by atoms with E-state index >= 15 is 0 Å². The quantitative estimate of drug-likeness (QED) is 0.459. The number of unbranched alkanes of at least 4 members (excludes halogenated alkanes) is 1. The summed E-state index contributed by atoms with van der Waals surface area (Å²) in [7, 11) is 0. The molecule has 1 aromatic carbocycles. The van der Waals surface area contributed by atoms with Gasteiger partial charge in [-0.1, -0.05) is 15.9 Å². The van der Waals surface area contributed by atoms with Crippen molar-refractivity contribution in [3.63, 3.8) is 0 Å². The van der Waals surface area contributed by atoms with E-state index in [1.165, 1.54) is 0 Å². The van der Waals surface area contributed by atoms with Crippen LogP contribution in [0, 0.1) is 0 Å². The highest BCUT2D eigenvalue weighted by atomic mass is 79.9. The lowest BCUT2D eigenvalue weighted by Gasteiger charge is -2.10. The number of alkyl halides is 1. The number of hydrogen-bond acceptors (Lipinski definition) is 1. The van der Waals surface area contributed by atoms with Crippen molar-refractivity contribution in [3.05, 3.63) is 25.6 Å². The zero-order valence-electron chi connectivity index (χ0n) is 7.90. The molecule has 0 fully saturated rings. The first kappa shape index (κ1) is 13.8. The molecular formula is C10H10Br3ClO. The Morgan fingerprint density at radius 1 is 1.07 bits per heavy atom. The number of ether oxygens (including phenoxy) is 1. The molecule has 0 N–H and O–H groups in total. The van der Waals surface area contributed by atoms with Crippen molar-refractivity contribution in [1.29, 1.82) is 0 Å². The van der Waals surface area contributed by atoms with Crippen LogP contribution >= 0.6 is 59.4 Å². The summed E-state index contributed by atoms with van der Waals surface area (Å²) in [6.45, 7) is 0.686. The molecule has 0 radical (unpaired) electrons. The number of benzene rings is 1. The maximum Gasteiger partial charge on any atom is 0.147 e. The van der Waals surface area contributed by atoms with Crippen molar-refractivity contribution in [1.82, 2.24) is 0 Å². The lowest BCUT2D eigenvalue weighted by atomic mass is 10.3. The topological polar surface area (TPSA) is 9.23 Å². The van der Waals surface area contributed by atoms with Crippen LogP contribution in [0.5, 0.6) is 5.75 Å². The van der Waals surface area contributed by atoms with Gasteiger partial charge in [0.15, 0.2) is 0 Å². The third kappa shape index (κ3) is 4.63. The van der Waals surface area contributed by atoms with Crippen molar-refractivity contribution in [2.45, 2.75) is 12.8 Å². The summed E-state index contributed by atoms with van der Waals surface area (Å²) < 4.78 is 8.54. The Labute approximate surface area is 120 Å². The Balaban J connectivity index is 2.60. The minimum Gasteiger partial charge on any atom is -0.491 e. The van der Waals surface area contributed by atoms with Crippen molar-refractivity contribution in [2.24, 2.45) is 0 Å². The van der Waals surface area contributed by atoms with Crippen LogP contribution in [0.1, 0.15) is 12.8 Å². The molecular weight excluding hydrogens is 411 g/mol. The van der Waals surface area contributed by atoms with Gasteiger partial charge in [-0.05, 0) is 56.8 Å². The van der Waals surface area contributed by atoms with Gasteiger partial charge < -0.3 is 4.74 Å². The van der Waals surface area contributed by atoms with E-state index in [0.29, 0.717) is 12.5 Å². The van der Waals surface area contributed by atoms with E-state index in [-0.39, 0.29) is 0 Å². The number of hydrogen-bond donors (Lipinski definition) is 0. The van der Waals surface area contributed by atoms with Crippen LogP contribution in [0.2, 0.25) is 0 Å². The first-order valence-corrected chi connectivity index (χ1v) is 7.40. The molecule has 0 unspecified atom stereocenters. The highest BCUT2D eigenvalue weighted by Crippen LogP contribution is 2.36. The maximum atomic E-state index is 5.65. The Kier molecular flexibility index (Phi) is 6.58. The molecule has 0 spiro atoms. The van der Waals surface area contributed by atoms with Crippen molar-refractivity contribution in [2.75, 3.05) is 12.5 Å². The molecule has 0 aliphatic carbocycles. The Morgan fingerprint density at radius 2 is 1.67 bits per heavy atom. The van der Waals surface area contributed by atoms with Gasteiger partial charge >= 0.3 is 0 Å². The molecule has 0 atom stereocenters. The van der Waals surface area contributed by atoms with Crippen LogP contribution in [-0.2, 0) is 0 Å². The van der Waals surface area contributed by atoms with Crippen LogP contribution in [0.15, 0.2) is 25.6 Å². The fourth-order valence-corrected chi connectivity index (χ4v) is 3.71. The molecule has 84 valence electrons. The average Bonchev–Trinajstić information content (AvgIpc) is 2.15. The van der Waals surface area contributed by atoms with E-state index in [2.05, 4.69) is 47.8 Å². The predicted octanol–water partition coefficient (Wildman–Crippen LogP) is 5.37. The summed E-state index contributed by atoms with van der Waals surface area (Å²) in [4.78, 5) is 0.